The smallest absolute Gasteiger partial charge is 0.259 e. The van der Waals surface area contributed by atoms with Gasteiger partial charge in [0.05, 0.1) is 18.4 Å². The Labute approximate surface area is 148 Å². The lowest BCUT2D eigenvalue weighted by Gasteiger charge is -2.11. The number of carbonyl (C=O) groups excluding carboxylic acids is 2. The van der Waals surface area contributed by atoms with Gasteiger partial charge in [-0.3, -0.25) is 9.59 Å². The van der Waals surface area contributed by atoms with Crippen LogP contribution in [0.3, 0.4) is 0 Å². The van der Waals surface area contributed by atoms with Crippen LogP contribution in [0.5, 0.6) is 5.75 Å². The molecule has 25 heavy (non-hydrogen) atoms. The van der Waals surface area contributed by atoms with Crippen LogP contribution in [-0.2, 0) is 9.59 Å². The molecule has 0 aliphatic heterocycles. The monoisotopic (exact) mass is 365 g/mol. The van der Waals surface area contributed by atoms with Gasteiger partial charge in [-0.05, 0) is 43.3 Å². The highest BCUT2D eigenvalue weighted by Crippen LogP contribution is 2.28. The lowest BCUT2D eigenvalue weighted by atomic mass is 10.1. The van der Waals surface area contributed by atoms with Gasteiger partial charge in [0, 0.05) is 16.7 Å². The van der Waals surface area contributed by atoms with E-state index in [2.05, 4.69) is 5.32 Å². The molecule has 0 unspecified atom stereocenters. The van der Waals surface area contributed by atoms with Gasteiger partial charge < -0.3 is 10.1 Å². The molecule has 0 saturated heterocycles. The number of ketones is 1. The average Bonchev–Trinajstić information content (AvgIpc) is 2.53. The molecular formula is C18H14ClF2NO3. The number of rotatable bonds is 5. The van der Waals surface area contributed by atoms with Crippen LogP contribution in [0.1, 0.15) is 12.5 Å². The summed E-state index contributed by atoms with van der Waals surface area (Å²) < 4.78 is 31.9. The molecule has 0 aliphatic carbocycles. The van der Waals surface area contributed by atoms with E-state index in [-0.39, 0.29) is 16.8 Å². The van der Waals surface area contributed by atoms with Gasteiger partial charge in [-0.2, -0.15) is 0 Å². The third-order valence-corrected chi connectivity index (χ3v) is 3.53. The Morgan fingerprint density at radius 1 is 1.16 bits per heavy atom. The number of carbonyl (C=O) groups is 2. The van der Waals surface area contributed by atoms with Gasteiger partial charge >= 0.3 is 0 Å². The molecule has 0 radical (unpaired) electrons. The molecule has 2 aromatic rings. The molecule has 0 fully saturated rings. The zero-order valence-corrected chi connectivity index (χ0v) is 14.2. The summed E-state index contributed by atoms with van der Waals surface area (Å²) in [6, 6.07) is 7.42. The topological polar surface area (TPSA) is 55.4 Å². The fraction of sp³-hybridized carbons (Fsp3) is 0.111. The van der Waals surface area contributed by atoms with Crippen molar-refractivity contribution in [3.63, 3.8) is 0 Å². The number of hydrogen-bond acceptors (Lipinski definition) is 3. The highest BCUT2D eigenvalue weighted by Gasteiger charge is 2.18. The Bertz CT molecular complexity index is 865. The Morgan fingerprint density at radius 3 is 2.48 bits per heavy atom. The summed E-state index contributed by atoms with van der Waals surface area (Å²) in [5.74, 6) is -2.65. The second-order valence-corrected chi connectivity index (χ2v) is 5.52. The lowest BCUT2D eigenvalue weighted by Crippen LogP contribution is -2.19. The summed E-state index contributed by atoms with van der Waals surface area (Å²) >= 11 is 5.89. The molecular weight excluding hydrogens is 352 g/mol. The Morgan fingerprint density at radius 2 is 1.88 bits per heavy atom. The quantitative estimate of drug-likeness (QED) is 0.490. The summed E-state index contributed by atoms with van der Waals surface area (Å²) in [7, 11) is 1.41. The van der Waals surface area contributed by atoms with Crippen LogP contribution >= 0.6 is 11.6 Å². The first kappa shape index (κ1) is 18.6. The lowest BCUT2D eigenvalue weighted by molar-refractivity contribution is -0.118. The molecule has 0 bridgehead atoms. The van der Waals surface area contributed by atoms with E-state index in [1.807, 2.05) is 0 Å². The molecule has 0 aliphatic rings. The van der Waals surface area contributed by atoms with Crippen LogP contribution in [0.15, 0.2) is 42.0 Å². The van der Waals surface area contributed by atoms with E-state index in [0.717, 1.165) is 18.2 Å². The zero-order chi connectivity index (χ0) is 18.6. The van der Waals surface area contributed by atoms with Crippen molar-refractivity contribution in [2.75, 3.05) is 12.4 Å². The number of halogens is 3. The second-order valence-electron chi connectivity index (χ2n) is 5.08. The average molecular weight is 366 g/mol. The molecule has 2 aromatic carbocycles. The standard InChI is InChI=1S/C18H14ClF2NO3/c1-10(23)14(7-11-3-5-13(20)9-15(11)21)18(24)22-16-8-12(19)4-6-17(16)25-2/h3-9H,1-2H3,(H,22,24)/b14-7-. The van der Waals surface area contributed by atoms with Crippen molar-refractivity contribution in [2.24, 2.45) is 0 Å². The first-order chi connectivity index (χ1) is 11.8. The predicted octanol–water partition coefficient (Wildman–Crippen LogP) is 4.24. The van der Waals surface area contributed by atoms with Crippen LogP contribution in [0, 0.1) is 11.6 Å². The van der Waals surface area contributed by atoms with Gasteiger partial charge in [0.2, 0.25) is 0 Å². The van der Waals surface area contributed by atoms with Gasteiger partial charge in [-0.1, -0.05) is 11.6 Å². The summed E-state index contributed by atoms with van der Waals surface area (Å²) in [5, 5.41) is 2.86. The third kappa shape index (κ3) is 4.64. The molecule has 7 heteroatoms. The Kier molecular flexibility index (Phi) is 5.88. The fourth-order valence-electron chi connectivity index (χ4n) is 2.07. The normalized spacial score (nSPS) is 11.2. The minimum atomic E-state index is -0.883. The predicted molar refractivity (Wildman–Crippen MR) is 91.6 cm³/mol. The minimum absolute atomic E-state index is 0.0835. The van der Waals surface area contributed by atoms with Crippen molar-refractivity contribution in [3.05, 3.63) is 64.2 Å². The number of benzene rings is 2. The molecule has 0 spiro atoms. The molecule has 0 atom stereocenters. The van der Waals surface area contributed by atoms with E-state index in [1.54, 1.807) is 12.1 Å². The molecule has 1 amide bonds. The van der Waals surface area contributed by atoms with Crippen molar-refractivity contribution in [1.29, 1.82) is 0 Å². The summed E-state index contributed by atoms with van der Waals surface area (Å²) in [6.07, 6.45) is 1.06. The van der Waals surface area contributed by atoms with E-state index >= 15 is 0 Å². The summed E-state index contributed by atoms with van der Waals surface area (Å²) in [6.45, 7) is 1.17. The Hall–Kier alpha value is -2.73. The summed E-state index contributed by atoms with van der Waals surface area (Å²) in [4.78, 5) is 24.2. The Balaban J connectivity index is 2.38. The van der Waals surface area contributed by atoms with Crippen LogP contribution < -0.4 is 10.1 Å². The van der Waals surface area contributed by atoms with Gasteiger partial charge in [0.25, 0.3) is 5.91 Å². The highest BCUT2D eigenvalue weighted by atomic mass is 35.5. The fourth-order valence-corrected chi connectivity index (χ4v) is 2.24. The van der Waals surface area contributed by atoms with Gasteiger partial charge in [-0.25, -0.2) is 8.78 Å². The van der Waals surface area contributed by atoms with Crippen molar-refractivity contribution in [3.8, 4) is 5.75 Å². The minimum Gasteiger partial charge on any atom is -0.495 e. The van der Waals surface area contributed by atoms with E-state index in [0.29, 0.717) is 16.8 Å². The maximum Gasteiger partial charge on any atom is 0.259 e. The van der Waals surface area contributed by atoms with Gasteiger partial charge in [0.1, 0.15) is 17.4 Å². The highest BCUT2D eigenvalue weighted by molar-refractivity contribution is 6.31. The third-order valence-electron chi connectivity index (χ3n) is 3.30. The zero-order valence-electron chi connectivity index (χ0n) is 13.4. The molecule has 0 saturated carbocycles. The molecule has 2 rings (SSSR count). The van der Waals surface area contributed by atoms with Crippen molar-refractivity contribution in [2.45, 2.75) is 6.92 Å². The van der Waals surface area contributed by atoms with Crippen molar-refractivity contribution in [1.82, 2.24) is 0 Å². The maximum absolute atomic E-state index is 13.8. The van der Waals surface area contributed by atoms with Crippen LogP contribution in [0.25, 0.3) is 6.08 Å². The van der Waals surface area contributed by atoms with Gasteiger partial charge in [0.15, 0.2) is 5.78 Å². The number of hydrogen-bond donors (Lipinski definition) is 1. The maximum atomic E-state index is 13.8. The molecule has 1 N–H and O–H groups in total. The number of Topliss-reactive ketones (excluding diaryl/α,β-unsaturated/α-hetero) is 1. The summed E-state index contributed by atoms with van der Waals surface area (Å²) in [5.41, 5.74) is -0.126. The first-order valence-corrected chi connectivity index (χ1v) is 7.52. The number of amides is 1. The molecule has 130 valence electrons. The van der Waals surface area contributed by atoms with E-state index in [1.165, 1.54) is 20.1 Å². The molecule has 0 aromatic heterocycles. The molecule has 4 nitrogen and oxygen atoms in total. The SMILES string of the molecule is COc1ccc(Cl)cc1NC(=O)/C(=C\c1ccc(F)cc1F)C(C)=O. The number of methoxy groups -OCH3 is 1. The van der Waals surface area contributed by atoms with Crippen LogP contribution in [0.2, 0.25) is 5.02 Å². The first-order valence-electron chi connectivity index (χ1n) is 7.14. The van der Waals surface area contributed by atoms with Crippen LogP contribution in [-0.4, -0.2) is 18.8 Å². The van der Waals surface area contributed by atoms with Gasteiger partial charge in [-0.15, -0.1) is 0 Å². The van der Waals surface area contributed by atoms with Crippen molar-refractivity contribution < 1.29 is 23.1 Å². The molecule has 0 heterocycles. The van der Waals surface area contributed by atoms with E-state index in [9.17, 15) is 18.4 Å². The largest absolute Gasteiger partial charge is 0.495 e. The van der Waals surface area contributed by atoms with Crippen LogP contribution in [0.4, 0.5) is 14.5 Å². The number of nitrogens with one attached hydrogen (secondary N) is 1. The van der Waals surface area contributed by atoms with Crippen molar-refractivity contribution >= 4 is 35.1 Å². The number of anilines is 1. The van der Waals surface area contributed by atoms with E-state index in [4.69, 9.17) is 16.3 Å². The van der Waals surface area contributed by atoms with E-state index < -0.39 is 23.3 Å². The second kappa shape index (κ2) is 7.90. The number of ether oxygens (including phenoxy) is 1.